The van der Waals surface area contributed by atoms with E-state index in [9.17, 15) is 4.79 Å². The van der Waals surface area contributed by atoms with Gasteiger partial charge in [0.2, 0.25) is 5.88 Å². The smallest absolute Gasteiger partial charge is 0.261 e. The molecule has 5 atom stereocenters. The molecule has 6 rings (SSSR count). The van der Waals surface area contributed by atoms with Crippen molar-refractivity contribution in [1.82, 2.24) is 20.2 Å². The maximum absolute atomic E-state index is 13.7. The summed E-state index contributed by atoms with van der Waals surface area (Å²) >= 11 is 0. The molecule has 1 saturated carbocycles. The van der Waals surface area contributed by atoms with Gasteiger partial charge in [-0.1, -0.05) is 49.4 Å². The van der Waals surface area contributed by atoms with Crippen LogP contribution < -0.4 is 10.1 Å². The Hall–Kier alpha value is -2.99. The van der Waals surface area contributed by atoms with Crippen LogP contribution in [0.1, 0.15) is 38.2 Å². The minimum Gasteiger partial charge on any atom is -0.467 e. The van der Waals surface area contributed by atoms with E-state index in [4.69, 9.17) is 4.74 Å². The van der Waals surface area contributed by atoms with Gasteiger partial charge in [-0.15, -0.1) is 0 Å². The van der Waals surface area contributed by atoms with Crippen molar-refractivity contribution in [2.45, 2.75) is 63.2 Å². The number of nitrogens with zero attached hydrogens (tertiary/aromatic N) is 3. The summed E-state index contributed by atoms with van der Waals surface area (Å²) in [6.07, 6.45) is 6.92. The number of likely N-dealkylation sites (tertiary alicyclic amines) is 1. The molecule has 0 unspecified atom stereocenters. The first-order chi connectivity index (χ1) is 16.1. The third kappa shape index (κ3) is 3.48. The third-order valence-electron chi connectivity index (χ3n) is 8.17. The van der Waals surface area contributed by atoms with Crippen LogP contribution in [0.2, 0.25) is 0 Å². The molecule has 1 amide bonds. The van der Waals surface area contributed by atoms with Crippen molar-refractivity contribution in [2.24, 2.45) is 5.41 Å². The summed E-state index contributed by atoms with van der Waals surface area (Å²) in [6, 6.07) is 19.5. The number of ether oxygens (including phenoxy) is 1. The summed E-state index contributed by atoms with van der Waals surface area (Å²) in [5.41, 5.74) is 2.27. The van der Waals surface area contributed by atoms with Crippen molar-refractivity contribution in [3.63, 3.8) is 0 Å². The predicted molar refractivity (Wildman–Crippen MR) is 127 cm³/mol. The Labute approximate surface area is 194 Å². The van der Waals surface area contributed by atoms with Crippen LogP contribution in [0.15, 0.2) is 60.9 Å². The largest absolute Gasteiger partial charge is 0.467 e. The average Bonchev–Trinajstić information content (AvgIpc) is 3.16. The zero-order valence-electron chi connectivity index (χ0n) is 19.0. The highest BCUT2D eigenvalue weighted by atomic mass is 16.5. The van der Waals surface area contributed by atoms with Gasteiger partial charge in [0, 0.05) is 29.6 Å². The van der Waals surface area contributed by atoms with Gasteiger partial charge >= 0.3 is 0 Å². The molecule has 3 aliphatic rings. The van der Waals surface area contributed by atoms with Crippen LogP contribution in [0, 0.1) is 5.41 Å². The van der Waals surface area contributed by atoms with E-state index in [1.807, 2.05) is 24.3 Å². The van der Waals surface area contributed by atoms with Gasteiger partial charge in [-0.25, -0.2) is 9.97 Å². The molecule has 1 aliphatic carbocycles. The van der Waals surface area contributed by atoms with Crippen LogP contribution >= 0.6 is 0 Å². The average molecular weight is 443 g/mol. The first-order valence-electron chi connectivity index (χ1n) is 12.1. The van der Waals surface area contributed by atoms with E-state index in [1.165, 1.54) is 18.3 Å². The van der Waals surface area contributed by atoms with E-state index >= 15 is 0 Å². The molecule has 170 valence electrons. The summed E-state index contributed by atoms with van der Waals surface area (Å²) in [5, 5.41) is 4.80. The van der Waals surface area contributed by atoms with E-state index in [2.05, 4.69) is 57.4 Å². The molecule has 1 aromatic heterocycles. The molecule has 2 aromatic carbocycles. The Kier molecular flexibility index (Phi) is 5.06. The van der Waals surface area contributed by atoms with Crippen LogP contribution in [0.4, 0.5) is 0 Å². The molecule has 6 nitrogen and oxygen atoms in total. The van der Waals surface area contributed by atoms with Gasteiger partial charge in [0.1, 0.15) is 6.33 Å². The van der Waals surface area contributed by atoms with E-state index in [0.29, 0.717) is 11.9 Å². The molecule has 1 N–H and O–H groups in total. The molecule has 2 saturated heterocycles. The topological polar surface area (TPSA) is 67.4 Å². The first kappa shape index (κ1) is 20.6. The zero-order valence-corrected chi connectivity index (χ0v) is 19.0. The van der Waals surface area contributed by atoms with Crippen molar-refractivity contribution in [2.75, 3.05) is 6.61 Å². The fraction of sp³-hybridized carbons (Fsp3) is 0.444. The minimum absolute atomic E-state index is 0.00676. The highest BCUT2D eigenvalue weighted by molar-refractivity contribution is 5.84. The van der Waals surface area contributed by atoms with Crippen molar-refractivity contribution in [3.05, 3.63) is 66.5 Å². The Bertz CT molecular complexity index is 1160. The molecule has 3 fully saturated rings. The lowest BCUT2D eigenvalue weighted by atomic mass is 9.65. The van der Waals surface area contributed by atoms with Gasteiger partial charge < -0.3 is 15.0 Å². The lowest BCUT2D eigenvalue weighted by Gasteiger charge is -2.46. The van der Waals surface area contributed by atoms with Crippen LogP contribution in [-0.2, 0) is 11.2 Å². The molecule has 0 spiro atoms. The number of nitrogens with one attached hydrogen (secondary N) is 1. The van der Waals surface area contributed by atoms with E-state index in [1.54, 1.807) is 0 Å². The lowest BCUT2D eigenvalue weighted by molar-refractivity contribution is -0.137. The molecule has 0 radical (unpaired) electrons. The molecule has 33 heavy (non-hydrogen) atoms. The van der Waals surface area contributed by atoms with Crippen molar-refractivity contribution in [1.29, 1.82) is 0 Å². The van der Waals surface area contributed by atoms with Crippen LogP contribution in [0.5, 0.6) is 5.88 Å². The van der Waals surface area contributed by atoms with Crippen molar-refractivity contribution in [3.8, 4) is 5.88 Å². The van der Waals surface area contributed by atoms with Gasteiger partial charge in [0.25, 0.3) is 5.91 Å². The molecular weight excluding hydrogens is 412 g/mol. The highest BCUT2D eigenvalue weighted by Gasteiger charge is 2.60. The van der Waals surface area contributed by atoms with Crippen molar-refractivity contribution >= 4 is 16.8 Å². The predicted octanol–water partition coefficient (Wildman–Crippen LogP) is 3.75. The number of piperidine rings is 1. The van der Waals surface area contributed by atoms with Gasteiger partial charge in [-0.2, -0.15) is 0 Å². The Morgan fingerprint density at radius 2 is 1.94 bits per heavy atom. The van der Waals surface area contributed by atoms with Gasteiger partial charge in [0.05, 0.1) is 10.9 Å². The summed E-state index contributed by atoms with van der Waals surface area (Å²) in [4.78, 5) is 24.4. The van der Waals surface area contributed by atoms with Crippen molar-refractivity contribution < 1.29 is 9.53 Å². The summed E-state index contributed by atoms with van der Waals surface area (Å²) in [5.74, 6) is 0.543. The van der Waals surface area contributed by atoms with E-state index in [0.717, 1.165) is 36.6 Å². The number of hydrogen-bond acceptors (Lipinski definition) is 5. The third-order valence-corrected chi connectivity index (χ3v) is 8.17. The first-order valence-corrected chi connectivity index (χ1v) is 12.1. The molecular formula is C27H30N4O2. The van der Waals surface area contributed by atoms with Crippen LogP contribution in [0.25, 0.3) is 10.9 Å². The zero-order chi connectivity index (χ0) is 22.4. The van der Waals surface area contributed by atoms with E-state index < -0.39 is 0 Å². The molecule has 3 aromatic rings. The number of fused-ring (bicyclic) bond motifs is 2. The number of hydrogen-bond donors (Lipinski definition) is 1. The summed E-state index contributed by atoms with van der Waals surface area (Å²) in [6.45, 7) is 2.39. The number of carbonyl (C=O) groups excluding carboxylic acids is 1. The Morgan fingerprint density at radius 1 is 1.12 bits per heavy atom. The SMILES string of the molecule is C[C@@]12C[C@H]3[C@@H](Cc4ccccc4)N[C@@H]1CCC[C@@H]2N3C(=O)COc1ncnc2ccccc12. The van der Waals surface area contributed by atoms with Gasteiger partial charge in [-0.3, -0.25) is 4.79 Å². The number of rotatable bonds is 5. The minimum atomic E-state index is 0.00676. The maximum atomic E-state index is 13.7. The molecule has 2 aliphatic heterocycles. The summed E-state index contributed by atoms with van der Waals surface area (Å²) in [7, 11) is 0. The monoisotopic (exact) mass is 442 g/mol. The number of para-hydroxylation sites is 1. The molecule has 6 heteroatoms. The number of amides is 1. The van der Waals surface area contributed by atoms with Crippen LogP contribution in [-0.4, -0.2) is 51.5 Å². The molecule has 2 bridgehead atoms. The van der Waals surface area contributed by atoms with E-state index in [-0.39, 0.29) is 36.1 Å². The van der Waals surface area contributed by atoms with Crippen LogP contribution in [0.3, 0.4) is 0 Å². The van der Waals surface area contributed by atoms with Gasteiger partial charge in [-0.05, 0) is 49.8 Å². The molecule has 3 heterocycles. The summed E-state index contributed by atoms with van der Waals surface area (Å²) < 4.78 is 6.00. The normalized spacial score (nSPS) is 30.4. The Morgan fingerprint density at radius 3 is 2.82 bits per heavy atom. The number of carbonyl (C=O) groups is 1. The fourth-order valence-corrected chi connectivity index (χ4v) is 6.62. The number of benzene rings is 2. The second kappa shape index (κ2) is 8.10. The van der Waals surface area contributed by atoms with Gasteiger partial charge in [0.15, 0.2) is 6.61 Å². The lowest BCUT2D eigenvalue weighted by Crippen LogP contribution is -2.58. The fourth-order valence-electron chi connectivity index (χ4n) is 6.62. The maximum Gasteiger partial charge on any atom is 0.261 e. The standard InChI is InChI=1S/C27H30N4O2/c1-27-15-22-21(14-18-8-3-2-4-9-18)30-23(27)12-7-13-24(27)31(22)25(32)16-33-26-19-10-5-6-11-20(19)28-17-29-26/h2-6,8-11,17,21-24,30H,7,12-16H2,1H3/t21-,22+,23-,24+,27-/m1/s1. The second-order valence-corrected chi connectivity index (χ2v) is 10.0. The quantitative estimate of drug-likeness (QED) is 0.652. The highest BCUT2D eigenvalue weighted by Crippen LogP contribution is 2.53. The Balaban J connectivity index is 1.26. The number of aromatic nitrogens is 2. The second-order valence-electron chi connectivity index (χ2n) is 10.0.